The average molecular weight is 393 g/mol. The number of ether oxygens (including phenoxy) is 1. The molecular formula is C22H17ClN2O3. The Labute approximate surface area is 167 Å². The van der Waals surface area contributed by atoms with Gasteiger partial charge in [0.15, 0.2) is 0 Å². The topological polar surface area (TPSA) is 67.4 Å². The normalized spacial score (nSPS) is 15.3. The van der Waals surface area contributed by atoms with Crippen molar-refractivity contribution >= 4 is 29.2 Å². The lowest BCUT2D eigenvalue weighted by Crippen LogP contribution is -2.30. The number of benzene rings is 3. The molecule has 28 heavy (non-hydrogen) atoms. The zero-order valence-corrected chi connectivity index (χ0v) is 15.6. The number of fused-ring (bicyclic) bond motifs is 1. The minimum Gasteiger partial charge on any atom is -0.454 e. The van der Waals surface area contributed by atoms with Crippen molar-refractivity contribution in [2.24, 2.45) is 0 Å². The number of rotatable bonds is 4. The van der Waals surface area contributed by atoms with Crippen molar-refractivity contribution in [1.82, 2.24) is 5.43 Å². The minimum atomic E-state index is -0.376. The zero-order chi connectivity index (χ0) is 19.5. The molecule has 1 aliphatic heterocycles. The highest BCUT2D eigenvalue weighted by Gasteiger charge is 2.28. The first kappa shape index (κ1) is 18.1. The Balaban J connectivity index is 1.51. The Morgan fingerprint density at radius 3 is 2.61 bits per heavy atom. The number of halogens is 1. The molecule has 1 atom stereocenters. The number of anilines is 1. The van der Waals surface area contributed by atoms with E-state index in [9.17, 15) is 9.59 Å². The van der Waals surface area contributed by atoms with Crippen LogP contribution in [0.2, 0.25) is 5.02 Å². The predicted octanol–water partition coefficient (Wildman–Crippen LogP) is 4.55. The summed E-state index contributed by atoms with van der Waals surface area (Å²) in [7, 11) is 0. The van der Waals surface area contributed by atoms with Gasteiger partial charge >= 0.3 is 5.97 Å². The van der Waals surface area contributed by atoms with Gasteiger partial charge in [-0.2, -0.15) is 0 Å². The van der Waals surface area contributed by atoms with E-state index in [1.54, 1.807) is 42.5 Å². The second-order valence-electron chi connectivity index (χ2n) is 6.47. The molecule has 3 aromatic carbocycles. The molecule has 3 aromatic rings. The van der Waals surface area contributed by atoms with Crippen molar-refractivity contribution in [2.45, 2.75) is 12.5 Å². The number of carbonyl (C=O) groups is 2. The molecule has 2 N–H and O–H groups in total. The third-order valence-corrected chi connectivity index (χ3v) is 4.79. The molecule has 5 nitrogen and oxygen atoms in total. The highest BCUT2D eigenvalue weighted by atomic mass is 35.5. The predicted molar refractivity (Wildman–Crippen MR) is 107 cm³/mol. The average Bonchev–Trinajstić information content (AvgIpc) is 2.72. The fourth-order valence-corrected chi connectivity index (χ4v) is 3.35. The fraction of sp³-hybridized carbons (Fsp3) is 0.0909. The molecule has 0 saturated heterocycles. The summed E-state index contributed by atoms with van der Waals surface area (Å²) in [4.78, 5) is 24.8. The summed E-state index contributed by atoms with van der Waals surface area (Å²) in [5, 5.41) is 0.568. The minimum absolute atomic E-state index is 0.307. The van der Waals surface area contributed by atoms with Crippen molar-refractivity contribution in [3.8, 4) is 0 Å². The molecule has 0 fully saturated rings. The largest absolute Gasteiger partial charge is 0.454 e. The van der Waals surface area contributed by atoms with Crippen LogP contribution in [-0.4, -0.2) is 11.9 Å². The van der Waals surface area contributed by atoms with E-state index in [0.29, 0.717) is 28.3 Å². The van der Waals surface area contributed by atoms with Crippen molar-refractivity contribution in [3.63, 3.8) is 0 Å². The second kappa shape index (κ2) is 7.74. The van der Waals surface area contributed by atoms with Crippen LogP contribution in [-0.2, 0) is 11.2 Å². The van der Waals surface area contributed by atoms with E-state index >= 15 is 0 Å². The number of cyclic esters (lactones) is 1. The summed E-state index contributed by atoms with van der Waals surface area (Å²) in [6.45, 7) is 0. The lowest BCUT2D eigenvalue weighted by molar-refractivity contribution is 0.0252. The van der Waals surface area contributed by atoms with E-state index in [4.69, 9.17) is 16.3 Å². The smallest absolute Gasteiger partial charge is 0.339 e. The lowest BCUT2D eigenvalue weighted by atomic mass is 9.93. The maximum atomic E-state index is 12.5. The van der Waals surface area contributed by atoms with Crippen molar-refractivity contribution in [1.29, 1.82) is 0 Å². The third kappa shape index (κ3) is 3.85. The van der Waals surface area contributed by atoms with Crippen molar-refractivity contribution in [2.75, 3.05) is 5.43 Å². The number of carbonyl (C=O) groups excluding carboxylic acids is 2. The van der Waals surface area contributed by atoms with Crippen LogP contribution in [0.1, 0.15) is 37.9 Å². The van der Waals surface area contributed by atoms with Gasteiger partial charge in [0.2, 0.25) is 0 Å². The Morgan fingerprint density at radius 1 is 1.00 bits per heavy atom. The Hall–Kier alpha value is -3.31. The van der Waals surface area contributed by atoms with Gasteiger partial charge in [-0.1, -0.05) is 48.0 Å². The fourth-order valence-electron chi connectivity index (χ4n) is 3.16. The molecule has 0 saturated carbocycles. The monoisotopic (exact) mass is 392 g/mol. The molecule has 4 rings (SSSR count). The summed E-state index contributed by atoms with van der Waals surface area (Å²) in [5.74, 6) is -0.683. The molecule has 140 valence electrons. The number of hydrogen-bond donors (Lipinski definition) is 2. The summed E-state index contributed by atoms with van der Waals surface area (Å²) < 4.78 is 5.55. The molecule has 0 spiro atoms. The highest BCUT2D eigenvalue weighted by molar-refractivity contribution is 6.30. The zero-order valence-electron chi connectivity index (χ0n) is 14.8. The van der Waals surface area contributed by atoms with E-state index < -0.39 is 0 Å². The summed E-state index contributed by atoms with van der Waals surface area (Å²) in [6.07, 6.45) is 0.164. The maximum Gasteiger partial charge on any atom is 0.339 e. The maximum absolute atomic E-state index is 12.5. The number of amides is 1. The van der Waals surface area contributed by atoms with E-state index in [0.717, 1.165) is 11.1 Å². The van der Waals surface area contributed by atoms with Gasteiger partial charge in [-0.05, 0) is 47.5 Å². The van der Waals surface area contributed by atoms with Crippen LogP contribution >= 0.6 is 11.6 Å². The number of hydrazine groups is 1. The molecular weight excluding hydrogens is 376 g/mol. The van der Waals surface area contributed by atoms with E-state index in [2.05, 4.69) is 10.9 Å². The van der Waals surface area contributed by atoms with Crippen LogP contribution in [0, 0.1) is 0 Å². The van der Waals surface area contributed by atoms with Crippen LogP contribution in [0.5, 0.6) is 0 Å². The summed E-state index contributed by atoms with van der Waals surface area (Å²) >= 11 is 5.94. The Kier molecular flexibility index (Phi) is 5.00. The van der Waals surface area contributed by atoms with E-state index in [1.165, 1.54) is 0 Å². The van der Waals surface area contributed by atoms with Crippen LogP contribution in [0.25, 0.3) is 0 Å². The summed E-state index contributed by atoms with van der Waals surface area (Å²) in [5.41, 5.74) is 8.81. The van der Waals surface area contributed by atoms with Crippen LogP contribution in [0.4, 0.5) is 5.69 Å². The van der Waals surface area contributed by atoms with Gasteiger partial charge in [0, 0.05) is 17.0 Å². The second-order valence-corrected chi connectivity index (χ2v) is 6.91. The molecule has 1 amide bonds. The molecule has 0 bridgehead atoms. The van der Waals surface area contributed by atoms with Gasteiger partial charge in [-0.3, -0.25) is 15.6 Å². The van der Waals surface area contributed by atoms with E-state index in [-0.39, 0.29) is 18.0 Å². The van der Waals surface area contributed by atoms with Crippen LogP contribution < -0.4 is 10.9 Å². The molecule has 1 aliphatic rings. The first-order valence-electron chi connectivity index (χ1n) is 8.81. The molecule has 0 radical (unpaired) electrons. The molecule has 0 aliphatic carbocycles. The SMILES string of the molecule is O=C(NNc1cccc(Cl)c1)c1ccc2c(c1)C[C@H](c1ccccc1)OC2=O. The van der Waals surface area contributed by atoms with Crippen molar-refractivity contribution < 1.29 is 14.3 Å². The van der Waals surface area contributed by atoms with Gasteiger partial charge in [0.25, 0.3) is 5.91 Å². The molecule has 0 aromatic heterocycles. The highest BCUT2D eigenvalue weighted by Crippen LogP contribution is 2.31. The van der Waals surface area contributed by atoms with Crippen LogP contribution in [0.3, 0.4) is 0 Å². The first-order valence-corrected chi connectivity index (χ1v) is 9.19. The first-order chi connectivity index (χ1) is 13.6. The van der Waals surface area contributed by atoms with Gasteiger partial charge in [-0.25, -0.2) is 4.79 Å². The number of hydrogen-bond acceptors (Lipinski definition) is 4. The summed E-state index contributed by atoms with van der Waals surface area (Å²) in [6, 6.07) is 21.6. The number of nitrogens with one attached hydrogen (secondary N) is 2. The van der Waals surface area contributed by atoms with Gasteiger partial charge in [0.05, 0.1) is 11.3 Å². The standard InChI is InChI=1S/C22H17ClN2O3/c23-17-7-4-8-18(13-17)24-25-21(26)15-9-10-19-16(11-15)12-20(28-22(19)27)14-5-2-1-3-6-14/h1-11,13,20,24H,12H2,(H,25,26)/t20-/m1/s1. The van der Waals surface area contributed by atoms with E-state index in [1.807, 2.05) is 30.3 Å². The van der Waals surface area contributed by atoms with Crippen LogP contribution in [0.15, 0.2) is 72.8 Å². The van der Waals surface area contributed by atoms with Gasteiger partial charge in [0.1, 0.15) is 6.10 Å². The molecule has 0 unspecified atom stereocenters. The van der Waals surface area contributed by atoms with Crippen molar-refractivity contribution in [3.05, 3.63) is 100 Å². The third-order valence-electron chi connectivity index (χ3n) is 4.56. The molecule has 1 heterocycles. The quantitative estimate of drug-likeness (QED) is 0.505. The lowest BCUT2D eigenvalue weighted by Gasteiger charge is -2.25. The van der Waals surface area contributed by atoms with Gasteiger partial charge < -0.3 is 4.74 Å². The molecule has 6 heteroatoms. The Morgan fingerprint density at radius 2 is 1.82 bits per heavy atom. The number of esters is 1. The van der Waals surface area contributed by atoms with Gasteiger partial charge in [-0.15, -0.1) is 0 Å². The Bertz CT molecular complexity index is 1040.